The zero-order valence-corrected chi connectivity index (χ0v) is 13.3. The van der Waals surface area contributed by atoms with E-state index in [1.807, 2.05) is 12.1 Å². The Bertz CT molecular complexity index is 453. The molecule has 1 atom stereocenters. The van der Waals surface area contributed by atoms with Crippen molar-refractivity contribution in [1.29, 1.82) is 0 Å². The SMILES string of the molecule is COc1cccc(C(CN)N2CCCN(C)CC2)c1OC. The second kappa shape index (κ2) is 7.64. The molecule has 0 radical (unpaired) electrons. The van der Waals surface area contributed by atoms with Gasteiger partial charge in [-0.2, -0.15) is 0 Å². The van der Waals surface area contributed by atoms with Crippen molar-refractivity contribution in [2.75, 3.05) is 54.0 Å². The van der Waals surface area contributed by atoms with E-state index in [4.69, 9.17) is 15.2 Å². The molecule has 1 aromatic carbocycles. The summed E-state index contributed by atoms with van der Waals surface area (Å²) in [4.78, 5) is 4.83. The Labute approximate surface area is 127 Å². The van der Waals surface area contributed by atoms with Gasteiger partial charge in [0.1, 0.15) is 0 Å². The summed E-state index contributed by atoms with van der Waals surface area (Å²) in [7, 11) is 5.53. The van der Waals surface area contributed by atoms with Crippen LogP contribution in [0.4, 0.5) is 0 Å². The van der Waals surface area contributed by atoms with E-state index in [1.165, 1.54) is 6.42 Å². The molecule has 0 saturated carbocycles. The largest absolute Gasteiger partial charge is 0.493 e. The van der Waals surface area contributed by atoms with Gasteiger partial charge >= 0.3 is 0 Å². The van der Waals surface area contributed by atoms with Crippen molar-refractivity contribution in [2.45, 2.75) is 12.5 Å². The topological polar surface area (TPSA) is 51.0 Å². The van der Waals surface area contributed by atoms with Gasteiger partial charge in [-0.3, -0.25) is 4.90 Å². The lowest BCUT2D eigenvalue weighted by Crippen LogP contribution is -2.36. The summed E-state index contributed by atoms with van der Waals surface area (Å²) in [6.45, 7) is 4.88. The highest BCUT2D eigenvalue weighted by molar-refractivity contribution is 5.48. The molecular weight excluding hydrogens is 266 g/mol. The number of rotatable bonds is 5. The molecule has 0 aromatic heterocycles. The predicted molar refractivity (Wildman–Crippen MR) is 85.0 cm³/mol. The molecule has 21 heavy (non-hydrogen) atoms. The zero-order chi connectivity index (χ0) is 15.2. The van der Waals surface area contributed by atoms with Crippen molar-refractivity contribution in [3.8, 4) is 11.5 Å². The molecular formula is C16H27N3O2. The predicted octanol–water partition coefficient (Wildman–Crippen LogP) is 1.34. The van der Waals surface area contributed by atoms with E-state index in [0.29, 0.717) is 6.54 Å². The van der Waals surface area contributed by atoms with Crippen LogP contribution in [0.25, 0.3) is 0 Å². The monoisotopic (exact) mass is 293 g/mol. The van der Waals surface area contributed by atoms with Crippen LogP contribution in [-0.2, 0) is 0 Å². The van der Waals surface area contributed by atoms with Crippen LogP contribution in [0.1, 0.15) is 18.0 Å². The quantitative estimate of drug-likeness (QED) is 0.888. The highest BCUT2D eigenvalue weighted by Gasteiger charge is 2.25. The molecule has 1 aliphatic heterocycles. The third-order valence-electron chi connectivity index (χ3n) is 4.21. The number of nitrogens with two attached hydrogens (primary N) is 1. The lowest BCUT2D eigenvalue weighted by atomic mass is 10.0. The fraction of sp³-hybridized carbons (Fsp3) is 0.625. The van der Waals surface area contributed by atoms with Gasteiger partial charge in [0.15, 0.2) is 11.5 Å². The lowest BCUT2D eigenvalue weighted by Gasteiger charge is -2.31. The van der Waals surface area contributed by atoms with Gasteiger partial charge in [0.05, 0.1) is 20.3 Å². The first-order valence-electron chi connectivity index (χ1n) is 7.54. The molecule has 0 bridgehead atoms. The van der Waals surface area contributed by atoms with Crippen molar-refractivity contribution in [3.05, 3.63) is 23.8 Å². The Kier molecular flexibility index (Phi) is 5.85. The second-order valence-corrected chi connectivity index (χ2v) is 5.53. The Morgan fingerprint density at radius 1 is 1.14 bits per heavy atom. The summed E-state index contributed by atoms with van der Waals surface area (Å²) in [5.74, 6) is 1.56. The zero-order valence-electron chi connectivity index (χ0n) is 13.3. The summed E-state index contributed by atoms with van der Waals surface area (Å²) in [6, 6.07) is 6.18. The third kappa shape index (κ3) is 3.67. The Morgan fingerprint density at radius 3 is 2.62 bits per heavy atom. The first-order valence-corrected chi connectivity index (χ1v) is 7.54. The molecule has 1 aromatic rings. The van der Waals surface area contributed by atoms with Crippen LogP contribution in [0.2, 0.25) is 0 Å². The van der Waals surface area contributed by atoms with E-state index in [2.05, 4.69) is 22.9 Å². The van der Waals surface area contributed by atoms with Gasteiger partial charge in [0.2, 0.25) is 0 Å². The van der Waals surface area contributed by atoms with E-state index >= 15 is 0 Å². The summed E-state index contributed by atoms with van der Waals surface area (Å²) in [5.41, 5.74) is 7.20. The smallest absolute Gasteiger partial charge is 0.165 e. The first kappa shape index (κ1) is 16.1. The molecule has 1 unspecified atom stereocenters. The Morgan fingerprint density at radius 2 is 1.95 bits per heavy atom. The van der Waals surface area contributed by atoms with E-state index in [-0.39, 0.29) is 6.04 Å². The van der Waals surface area contributed by atoms with Crippen LogP contribution in [0.5, 0.6) is 11.5 Å². The van der Waals surface area contributed by atoms with Crippen LogP contribution in [0, 0.1) is 0 Å². The van der Waals surface area contributed by atoms with Gasteiger partial charge in [0.25, 0.3) is 0 Å². The van der Waals surface area contributed by atoms with Crippen molar-refractivity contribution >= 4 is 0 Å². The van der Waals surface area contributed by atoms with Gasteiger partial charge in [-0.1, -0.05) is 12.1 Å². The van der Waals surface area contributed by atoms with E-state index in [0.717, 1.165) is 43.2 Å². The molecule has 1 fully saturated rings. The Hall–Kier alpha value is -1.30. The normalized spacial score (nSPS) is 19.0. The number of hydrogen-bond donors (Lipinski definition) is 1. The maximum Gasteiger partial charge on any atom is 0.165 e. The van der Waals surface area contributed by atoms with Crippen molar-refractivity contribution < 1.29 is 9.47 Å². The summed E-state index contributed by atoms with van der Waals surface area (Å²) in [5, 5.41) is 0. The molecule has 1 aliphatic rings. The van der Waals surface area contributed by atoms with Gasteiger partial charge in [-0.15, -0.1) is 0 Å². The summed E-state index contributed by atoms with van der Waals surface area (Å²) in [6.07, 6.45) is 1.17. The molecule has 1 heterocycles. The standard InChI is InChI=1S/C16H27N3O2/c1-18-8-5-9-19(11-10-18)14(12-17)13-6-4-7-15(20-2)16(13)21-3/h4,6-7,14H,5,8-12,17H2,1-3H3. The molecule has 2 rings (SSSR count). The molecule has 0 spiro atoms. The number of nitrogens with zero attached hydrogens (tertiary/aromatic N) is 2. The molecule has 0 aliphatic carbocycles. The summed E-state index contributed by atoms with van der Waals surface area (Å²) < 4.78 is 11.0. The fourth-order valence-corrected chi connectivity index (χ4v) is 3.03. The molecule has 5 nitrogen and oxygen atoms in total. The average Bonchev–Trinajstić information content (AvgIpc) is 2.73. The number of para-hydroxylation sites is 1. The van der Waals surface area contributed by atoms with Crippen LogP contribution in [-0.4, -0.2) is 63.8 Å². The maximum absolute atomic E-state index is 6.08. The van der Waals surface area contributed by atoms with Gasteiger partial charge < -0.3 is 20.1 Å². The number of methoxy groups -OCH3 is 2. The molecule has 1 saturated heterocycles. The van der Waals surface area contributed by atoms with E-state index in [1.54, 1.807) is 14.2 Å². The highest BCUT2D eigenvalue weighted by Crippen LogP contribution is 2.36. The Balaban J connectivity index is 2.28. The molecule has 118 valence electrons. The number of likely N-dealkylation sites (N-methyl/N-ethyl adjacent to an activating group) is 1. The van der Waals surface area contributed by atoms with Crippen LogP contribution in [0.15, 0.2) is 18.2 Å². The maximum atomic E-state index is 6.08. The minimum atomic E-state index is 0.168. The van der Waals surface area contributed by atoms with Crippen LogP contribution in [0.3, 0.4) is 0 Å². The van der Waals surface area contributed by atoms with Gasteiger partial charge in [0, 0.05) is 31.7 Å². The minimum Gasteiger partial charge on any atom is -0.493 e. The van der Waals surface area contributed by atoms with Crippen LogP contribution < -0.4 is 15.2 Å². The van der Waals surface area contributed by atoms with E-state index in [9.17, 15) is 0 Å². The number of hydrogen-bond acceptors (Lipinski definition) is 5. The van der Waals surface area contributed by atoms with Crippen molar-refractivity contribution in [2.24, 2.45) is 5.73 Å². The van der Waals surface area contributed by atoms with Gasteiger partial charge in [-0.25, -0.2) is 0 Å². The summed E-state index contributed by atoms with van der Waals surface area (Å²) >= 11 is 0. The second-order valence-electron chi connectivity index (χ2n) is 5.53. The first-order chi connectivity index (χ1) is 10.2. The molecule has 0 amide bonds. The number of benzene rings is 1. The van der Waals surface area contributed by atoms with E-state index < -0.39 is 0 Å². The minimum absolute atomic E-state index is 0.168. The third-order valence-corrected chi connectivity index (χ3v) is 4.21. The fourth-order valence-electron chi connectivity index (χ4n) is 3.03. The molecule has 5 heteroatoms. The van der Waals surface area contributed by atoms with Gasteiger partial charge in [-0.05, 0) is 26.1 Å². The molecule has 2 N–H and O–H groups in total. The lowest BCUT2D eigenvalue weighted by molar-refractivity contribution is 0.203. The number of ether oxygens (including phenoxy) is 2. The highest BCUT2D eigenvalue weighted by atomic mass is 16.5. The van der Waals surface area contributed by atoms with Crippen molar-refractivity contribution in [1.82, 2.24) is 9.80 Å². The van der Waals surface area contributed by atoms with Crippen molar-refractivity contribution in [3.63, 3.8) is 0 Å². The van der Waals surface area contributed by atoms with Crippen LogP contribution >= 0.6 is 0 Å². The average molecular weight is 293 g/mol.